The molecule has 1 saturated heterocycles. The summed E-state index contributed by atoms with van der Waals surface area (Å²) in [5.41, 5.74) is 0. The highest BCUT2D eigenvalue weighted by molar-refractivity contribution is 5.69. The minimum atomic E-state index is -0.0578. The van der Waals surface area contributed by atoms with Gasteiger partial charge in [-0.3, -0.25) is 4.79 Å². The van der Waals surface area contributed by atoms with Crippen LogP contribution >= 0.6 is 0 Å². The van der Waals surface area contributed by atoms with Crippen molar-refractivity contribution in [3.63, 3.8) is 0 Å². The van der Waals surface area contributed by atoms with Crippen molar-refractivity contribution in [3.8, 4) is 0 Å². The number of aliphatic hydroxyl groups excluding tert-OH is 1. The summed E-state index contributed by atoms with van der Waals surface area (Å²) in [4.78, 5) is 14.4. The molecule has 0 aromatic carbocycles. The molecule has 1 N–H and O–H groups in total. The topological polar surface area (TPSA) is 49.8 Å². The van der Waals surface area contributed by atoms with Gasteiger partial charge in [-0.1, -0.05) is 26.2 Å². The largest absolute Gasteiger partial charge is 0.462 e. The number of aliphatic hydroxyl groups is 1. The van der Waals surface area contributed by atoms with Crippen LogP contribution < -0.4 is 0 Å². The van der Waals surface area contributed by atoms with Crippen molar-refractivity contribution >= 4 is 5.97 Å². The molecule has 0 radical (unpaired) electrons. The number of likely N-dealkylation sites (tertiary alicyclic amines) is 1. The van der Waals surface area contributed by atoms with Crippen LogP contribution in [-0.2, 0) is 9.53 Å². The summed E-state index contributed by atoms with van der Waals surface area (Å²) in [6.07, 6.45) is 11.3. The number of nitrogens with zero attached hydrogens (tertiary/aromatic N) is 1. The van der Waals surface area contributed by atoms with Gasteiger partial charge < -0.3 is 14.7 Å². The number of esters is 1. The fraction of sp³-hybridized carbons (Fsp3) is 0.944. The highest BCUT2D eigenvalue weighted by Gasteiger charge is 2.15. The maximum absolute atomic E-state index is 12.0. The van der Waals surface area contributed by atoms with Gasteiger partial charge in [-0.15, -0.1) is 0 Å². The number of rotatable bonds is 13. The average molecular weight is 313 g/mol. The first kappa shape index (κ1) is 19.4. The van der Waals surface area contributed by atoms with Gasteiger partial charge >= 0.3 is 5.97 Å². The molecule has 22 heavy (non-hydrogen) atoms. The van der Waals surface area contributed by atoms with Gasteiger partial charge in [-0.05, 0) is 64.6 Å². The Labute approximate surface area is 136 Å². The van der Waals surface area contributed by atoms with E-state index in [-0.39, 0.29) is 18.7 Å². The summed E-state index contributed by atoms with van der Waals surface area (Å²) in [5, 5.41) is 8.98. The number of carbonyl (C=O) groups excluding carboxylic acids is 1. The molecule has 4 heteroatoms. The summed E-state index contributed by atoms with van der Waals surface area (Å²) in [5.74, 6) is -0.0578. The molecule has 1 rings (SSSR count). The van der Waals surface area contributed by atoms with Crippen LogP contribution in [0.4, 0.5) is 0 Å². The number of hydrogen-bond acceptors (Lipinski definition) is 4. The lowest BCUT2D eigenvalue weighted by atomic mass is 10.1. The molecule has 1 atom stereocenters. The quantitative estimate of drug-likeness (QED) is 0.417. The van der Waals surface area contributed by atoms with E-state index in [0.717, 1.165) is 38.6 Å². The van der Waals surface area contributed by atoms with Crippen molar-refractivity contribution in [2.45, 2.75) is 83.7 Å². The number of ether oxygens (including phenoxy) is 1. The van der Waals surface area contributed by atoms with Gasteiger partial charge in [0.15, 0.2) is 0 Å². The molecule has 1 aliphatic rings. The lowest BCUT2D eigenvalue weighted by Crippen LogP contribution is -2.23. The molecule has 1 aliphatic heterocycles. The van der Waals surface area contributed by atoms with Crippen molar-refractivity contribution in [1.82, 2.24) is 4.90 Å². The predicted molar refractivity (Wildman–Crippen MR) is 89.9 cm³/mol. The lowest BCUT2D eigenvalue weighted by molar-refractivity contribution is -0.150. The van der Waals surface area contributed by atoms with Crippen LogP contribution in [0.15, 0.2) is 0 Å². The Morgan fingerprint density at radius 2 is 1.82 bits per heavy atom. The Morgan fingerprint density at radius 3 is 2.50 bits per heavy atom. The van der Waals surface area contributed by atoms with Gasteiger partial charge in [0.1, 0.15) is 6.10 Å². The van der Waals surface area contributed by atoms with Gasteiger partial charge in [-0.2, -0.15) is 0 Å². The van der Waals surface area contributed by atoms with E-state index in [9.17, 15) is 4.79 Å². The van der Waals surface area contributed by atoms with Crippen LogP contribution in [-0.4, -0.2) is 48.3 Å². The first-order chi connectivity index (χ1) is 10.8. The summed E-state index contributed by atoms with van der Waals surface area (Å²) in [6.45, 7) is 5.77. The van der Waals surface area contributed by atoms with Crippen LogP contribution in [0.5, 0.6) is 0 Å². The summed E-state index contributed by atoms with van der Waals surface area (Å²) in [7, 11) is 0. The second-order valence-corrected chi connectivity index (χ2v) is 6.48. The van der Waals surface area contributed by atoms with Gasteiger partial charge in [0.25, 0.3) is 0 Å². The minimum absolute atomic E-state index is 0.00305. The molecule has 130 valence electrons. The van der Waals surface area contributed by atoms with E-state index >= 15 is 0 Å². The Balaban J connectivity index is 2.15. The summed E-state index contributed by atoms with van der Waals surface area (Å²) in [6, 6.07) is 0. The molecule has 0 bridgehead atoms. The van der Waals surface area contributed by atoms with Crippen LogP contribution in [0.2, 0.25) is 0 Å². The van der Waals surface area contributed by atoms with Gasteiger partial charge in [0.05, 0.1) is 0 Å². The highest BCUT2D eigenvalue weighted by Crippen LogP contribution is 2.15. The number of unbranched alkanes of at least 4 members (excludes halogenated alkanes) is 3. The Hall–Kier alpha value is -0.610. The fourth-order valence-corrected chi connectivity index (χ4v) is 3.08. The minimum Gasteiger partial charge on any atom is -0.462 e. The molecule has 1 unspecified atom stereocenters. The Bertz CT molecular complexity index is 278. The number of carbonyl (C=O) groups is 1. The molecule has 0 aromatic rings. The van der Waals surface area contributed by atoms with Crippen LogP contribution in [0.3, 0.4) is 0 Å². The van der Waals surface area contributed by atoms with Gasteiger partial charge in [0.2, 0.25) is 0 Å². The van der Waals surface area contributed by atoms with Crippen LogP contribution in [0.1, 0.15) is 77.6 Å². The molecule has 0 amide bonds. The molecule has 1 fully saturated rings. The van der Waals surface area contributed by atoms with E-state index in [1.165, 1.54) is 45.2 Å². The number of hydrogen-bond donors (Lipinski definition) is 1. The van der Waals surface area contributed by atoms with E-state index in [2.05, 4.69) is 11.8 Å². The predicted octanol–water partition coefficient (Wildman–Crippen LogP) is 3.52. The van der Waals surface area contributed by atoms with E-state index < -0.39 is 0 Å². The molecule has 0 aliphatic carbocycles. The van der Waals surface area contributed by atoms with Crippen LogP contribution in [0, 0.1) is 0 Å². The van der Waals surface area contributed by atoms with E-state index in [0.29, 0.717) is 6.42 Å². The highest BCUT2D eigenvalue weighted by atomic mass is 16.5. The molecular weight excluding hydrogens is 278 g/mol. The normalized spacial score (nSPS) is 16.8. The summed E-state index contributed by atoms with van der Waals surface area (Å²) >= 11 is 0. The maximum atomic E-state index is 12.0. The molecule has 1 heterocycles. The smallest absolute Gasteiger partial charge is 0.306 e. The molecular formula is C18H35NO3. The van der Waals surface area contributed by atoms with Crippen molar-refractivity contribution in [1.29, 1.82) is 0 Å². The van der Waals surface area contributed by atoms with E-state index in [4.69, 9.17) is 9.84 Å². The Morgan fingerprint density at radius 1 is 1.09 bits per heavy atom. The van der Waals surface area contributed by atoms with Crippen molar-refractivity contribution in [2.75, 3.05) is 26.2 Å². The average Bonchev–Trinajstić information content (AvgIpc) is 3.02. The SMILES string of the molecule is CCCCCCC(CCCO)OC(=O)CCCN1CCCC1. The molecule has 0 spiro atoms. The summed E-state index contributed by atoms with van der Waals surface area (Å²) < 4.78 is 5.63. The van der Waals surface area contributed by atoms with E-state index in [1.807, 2.05) is 0 Å². The van der Waals surface area contributed by atoms with Crippen molar-refractivity contribution < 1.29 is 14.6 Å². The van der Waals surface area contributed by atoms with Crippen LogP contribution in [0.25, 0.3) is 0 Å². The maximum Gasteiger partial charge on any atom is 0.306 e. The second-order valence-electron chi connectivity index (χ2n) is 6.48. The van der Waals surface area contributed by atoms with E-state index in [1.54, 1.807) is 0 Å². The third-order valence-electron chi connectivity index (χ3n) is 4.42. The van der Waals surface area contributed by atoms with Crippen molar-refractivity contribution in [2.24, 2.45) is 0 Å². The first-order valence-electron chi connectivity index (χ1n) is 9.29. The first-order valence-corrected chi connectivity index (χ1v) is 9.29. The zero-order valence-corrected chi connectivity index (χ0v) is 14.4. The third kappa shape index (κ3) is 9.42. The van der Waals surface area contributed by atoms with Crippen molar-refractivity contribution in [3.05, 3.63) is 0 Å². The molecule has 0 aromatic heterocycles. The lowest BCUT2D eigenvalue weighted by Gasteiger charge is -2.18. The third-order valence-corrected chi connectivity index (χ3v) is 4.42. The standard InChI is InChI=1S/C18H35NO3/c1-2-3-4-5-10-17(11-9-16-20)22-18(21)12-8-15-19-13-6-7-14-19/h17,20H,2-16H2,1H3. The molecule has 0 saturated carbocycles. The fourth-order valence-electron chi connectivity index (χ4n) is 3.08. The van der Waals surface area contributed by atoms with Gasteiger partial charge in [-0.25, -0.2) is 0 Å². The molecule has 4 nitrogen and oxygen atoms in total. The zero-order chi connectivity index (χ0) is 16.0. The zero-order valence-electron chi connectivity index (χ0n) is 14.4. The monoisotopic (exact) mass is 313 g/mol. The second kappa shape index (κ2) is 12.9. The van der Waals surface area contributed by atoms with Gasteiger partial charge in [0, 0.05) is 13.0 Å². The Kier molecular flexibility index (Phi) is 11.4.